The van der Waals surface area contributed by atoms with Crippen LogP contribution in [0.25, 0.3) is 0 Å². The number of carbonyl (C=O) groups excluding carboxylic acids is 1. The van der Waals surface area contributed by atoms with Gasteiger partial charge >= 0.3 is 0 Å². The number of nitrogens with one attached hydrogen (secondary N) is 2. The van der Waals surface area contributed by atoms with Crippen molar-refractivity contribution < 1.29 is 4.79 Å². The van der Waals surface area contributed by atoms with Crippen LogP contribution in [0.4, 0.5) is 10.8 Å². The van der Waals surface area contributed by atoms with Crippen LogP contribution >= 0.6 is 23.1 Å². The van der Waals surface area contributed by atoms with E-state index < -0.39 is 0 Å². The van der Waals surface area contributed by atoms with Gasteiger partial charge in [0.05, 0.1) is 5.75 Å². The zero-order chi connectivity index (χ0) is 15.1. The number of rotatable bonds is 7. The van der Waals surface area contributed by atoms with Gasteiger partial charge in [-0.2, -0.15) is 0 Å². The number of amides is 1. The van der Waals surface area contributed by atoms with Gasteiger partial charge in [0, 0.05) is 12.2 Å². The third kappa shape index (κ3) is 5.35. The highest BCUT2D eigenvalue weighted by molar-refractivity contribution is 8.01. The SMILES string of the molecule is CCCNC(=O)CSc1nnc(Nc2cccc(C)c2)s1. The lowest BCUT2D eigenvalue weighted by Crippen LogP contribution is -2.25. The van der Waals surface area contributed by atoms with Crippen LogP contribution in [0.3, 0.4) is 0 Å². The summed E-state index contributed by atoms with van der Waals surface area (Å²) >= 11 is 2.86. The van der Waals surface area contributed by atoms with Gasteiger partial charge in [-0.1, -0.05) is 42.2 Å². The van der Waals surface area contributed by atoms with Gasteiger partial charge in [-0.25, -0.2) is 0 Å². The predicted molar refractivity (Wildman–Crippen MR) is 88.4 cm³/mol. The van der Waals surface area contributed by atoms with Crippen molar-refractivity contribution in [3.63, 3.8) is 0 Å². The van der Waals surface area contributed by atoms with Crippen molar-refractivity contribution in [2.75, 3.05) is 17.6 Å². The summed E-state index contributed by atoms with van der Waals surface area (Å²) in [5, 5.41) is 15.0. The van der Waals surface area contributed by atoms with Crippen molar-refractivity contribution in [1.82, 2.24) is 15.5 Å². The molecule has 7 heteroatoms. The molecule has 0 saturated heterocycles. The summed E-state index contributed by atoms with van der Waals surface area (Å²) < 4.78 is 0.789. The fourth-order valence-electron chi connectivity index (χ4n) is 1.61. The normalized spacial score (nSPS) is 10.4. The summed E-state index contributed by atoms with van der Waals surface area (Å²) in [7, 11) is 0. The molecule has 1 aromatic carbocycles. The molecule has 1 heterocycles. The molecule has 1 aromatic heterocycles. The van der Waals surface area contributed by atoms with Crippen LogP contribution in [0, 0.1) is 6.92 Å². The molecular weight excluding hydrogens is 304 g/mol. The van der Waals surface area contributed by atoms with E-state index in [2.05, 4.69) is 20.8 Å². The molecular formula is C14H18N4OS2. The van der Waals surface area contributed by atoms with E-state index in [1.807, 2.05) is 38.1 Å². The van der Waals surface area contributed by atoms with Crippen LogP contribution in [0.2, 0.25) is 0 Å². The lowest BCUT2D eigenvalue weighted by molar-refractivity contribution is -0.118. The molecule has 2 rings (SSSR count). The highest BCUT2D eigenvalue weighted by Gasteiger charge is 2.08. The molecule has 21 heavy (non-hydrogen) atoms. The molecule has 0 atom stereocenters. The van der Waals surface area contributed by atoms with E-state index in [-0.39, 0.29) is 5.91 Å². The number of aryl methyl sites for hydroxylation is 1. The summed E-state index contributed by atoms with van der Waals surface area (Å²) in [4.78, 5) is 11.5. The minimum atomic E-state index is 0.0326. The van der Waals surface area contributed by atoms with Gasteiger partial charge in [-0.3, -0.25) is 4.79 Å². The van der Waals surface area contributed by atoms with E-state index in [1.54, 1.807) is 0 Å². The second kappa shape index (κ2) is 7.99. The van der Waals surface area contributed by atoms with Crippen LogP contribution in [-0.2, 0) is 4.79 Å². The fourth-order valence-corrected chi connectivity index (χ4v) is 3.21. The number of carbonyl (C=O) groups is 1. The molecule has 1 amide bonds. The number of aromatic nitrogens is 2. The van der Waals surface area contributed by atoms with Gasteiger partial charge in [0.2, 0.25) is 11.0 Å². The molecule has 0 bridgehead atoms. The van der Waals surface area contributed by atoms with Crippen molar-refractivity contribution >= 4 is 39.8 Å². The zero-order valence-corrected chi connectivity index (χ0v) is 13.7. The van der Waals surface area contributed by atoms with Crippen LogP contribution in [0.5, 0.6) is 0 Å². The quantitative estimate of drug-likeness (QED) is 0.766. The Kier molecular flexibility index (Phi) is 6.01. The van der Waals surface area contributed by atoms with Crippen molar-refractivity contribution in [3.05, 3.63) is 29.8 Å². The summed E-state index contributed by atoms with van der Waals surface area (Å²) in [6.07, 6.45) is 0.944. The van der Waals surface area contributed by atoms with E-state index in [9.17, 15) is 4.79 Å². The van der Waals surface area contributed by atoms with E-state index in [1.165, 1.54) is 28.7 Å². The summed E-state index contributed by atoms with van der Waals surface area (Å²) in [6, 6.07) is 8.07. The number of hydrogen-bond acceptors (Lipinski definition) is 6. The minimum Gasteiger partial charge on any atom is -0.355 e. The number of nitrogens with zero attached hydrogens (tertiary/aromatic N) is 2. The highest BCUT2D eigenvalue weighted by Crippen LogP contribution is 2.27. The third-order valence-electron chi connectivity index (χ3n) is 2.57. The second-order valence-electron chi connectivity index (χ2n) is 4.51. The zero-order valence-electron chi connectivity index (χ0n) is 12.0. The van der Waals surface area contributed by atoms with Gasteiger partial charge in [0.1, 0.15) is 0 Å². The number of anilines is 2. The Bertz CT molecular complexity index is 600. The molecule has 0 radical (unpaired) electrons. The molecule has 0 aliphatic carbocycles. The lowest BCUT2D eigenvalue weighted by atomic mass is 10.2. The smallest absolute Gasteiger partial charge is 0.230 e. The standard InChI is InChI=1S/C14H18N4OS2/c1-3-7-15-12(19)9-20-14-18-17-13(21-14)16-11-6-4-5-10(2)8-11/h4-6,8H,3,7,9H2,1-2H3,(H,15,19)(H,16,17). The lowest BCUT2D eigenvalue weighted by Gasteiger charge is -2.02. The van der Waals surface area contributed by atoms with Crippen molar-refractivity contribution in [1.29, 1.82) is 0 Å². The van der Waals surface area contributed by atoms with Crippen LogP contribution in [0.1, 0.15) is 18.9 Å². The first-order valence-corrected chi connectivity index (χ1v) is 8.54. The molecule has 5 nitrogen and oxygen atoms in total. The topological polar surface area (TPSA) is 66.9 Å². The maximum absolute atomic E-state index is 11.5. The van der Waals surface area contributed by atoms with Crippen LogP contribution < -0.4 is 10.6 Å². The minimum absolute atomic E-state index is 0.0326. The Morgan fingerprint density at radius 2 is 2.24 bits per heavy atom. The van der Waals surface area contributed by atoms with E-state index in [0.29, 0.717) is 5.75 Å². The van der Waals surface area contributed by atoms with Crippen molar-refractivity contribution in [3.8, 4) is 0 Å². The second-order valence-corrected chi connectivity index (χ2v) is 6.71. The molecule has 0 aliphatic heterocycles. The number of hydrogen-bond donors (Lipinski definition) is 2. The van der Waals surface area contributed by atoms with Gasteiger partial charge < -0.3 is 10.6 Å². The van der Waals surface area contributed by atoms with Gasteiger partial charge in [-0.05, 0) is 31.0 Å². The molecule has 2 aromatic rings. The first-order chi connectivity index (χ1) is 10.2. The maximum atomic E-state index is 11.5. The summed E-state index contributed by atoms with van der Waals surface area (Å²) in [5.74, 6) is 0.407. The molecule has 0 unspecified atom stereocenters. The molecule has 0 fully saturated rings. The average Bonchev–Trinajstić information content (AvgIpc) is 2.90. The highest BCUT2D eigenvalue weighted by atomic mass is 32.2. The van der Waals surface area contributed by atoms with E-state index in [0.717, 1.165) is 28.1 Å². The number of thioether (sulfide) groups is 1. The van der Waals surface area contributed by atoms with Gasteiger partial charge in [0.15, 0.2) is 4.34 Å². The first-order valence-electron chi connectivity index (χ1n) is 6.74. The van der Waals surface area contributed by atoms with Gasteiger partial charge in [-0.15, -0.1) is 10.2 Å². The van der Waals surface area contributed by atoms with Crippen molar-refractivity contribution in [2.24, 2.45) is 0 Å². The molecule has 0 saturated carbocycles. The van der Waals surface area contributed by atoms with Gasteiger partial charge in [0.25, 0.3) is 0 Å². The van der Waals surface area contributed by atoms with Crippen LogP contribution in [0.15, 0.2) is 28.6 Å². The van der Waals surface area contributed by atoms with Crippen LogP contribution in [-0.4, -0.2) is 28.4 Å². The fraction of sp³-hybridized carbons (Fsp3) is 0.357. The Labute approximate surface area is 132 Å². The Hall–Kier alpha value is -1.60. The first kappa shape index (κ1) is 15.8. The Morgan fingerprint density at radius 1 is 1.38 bits per heavy atom. The summed E-state index contributed by atoms with van der Waals surface area (Å²) in [5.41, 5.74) is 2.18. The summed E-state index contributed by atoms with van der Waals surface area (Å²) in [6.45, 7) is 4.79. The van der Waals surface area contributed by atoms with E-state index in [4.69, 9.17) is 0 Å². The molecule has 112 valence electrons. The average molecular weight is 322 g/mol. The van der Waals surface area contributed by atoms with E-state index >= 15 is 0 Å². The third-order valence-corrected chi connectivity index (χ3v) is 4.55. The largest absolute Gasteiger partial charge is 0.355 e. The number of benzene rings is 1. The molecule has 2 N–H and O–H groups in total. The Morgan fingerprint density at radius 3 is 3.00 bits per heavy atom. The Balaban J connectivity index is 1.85. The molecule has 0 aliphatic rings. The predicted octanol–water partition coefficient (Wildman–Crippen LogP) is 3.21. The van der Waals surface area contributed by atoms with Crippen molar-refractivity contribution in [2.45, 2.75) is 24.6 Å². The maximum Gasteiger partial charge on any atom is 0.230 e. The molecule has 0 spiro atoms. The monoisotopic (exact) mass is 322 g/mol.